The summed E-state index contributed by atoms with van der Waals surface area (Å²) in [6, 6.07) is 34.7. The summed E-state index contributed by atoms with van der Waals surface area (Å²) in [7, 11) is -0.385. The normalized spacial score (nSPS) is 16.3. The van der Waals surface area contributed by atoms with E-state index in [4.69, 9.17) is 9.31 Å². The van der Waals surface area contributed by atoms with Gasteiger partial charge in [0.05, 0.1) is 11.2 Å². The first-order valence-corrected chi connectivity index (χ1v) is 14.2. The van der Waals surface area contributed by atoms with E-state index >= 15 is 0 Å². The lowest BCUT2D eigenvalue weighted by Crippen LogP contribution is -2.41. The van der Waals surface area contributed by atoms with Gasteiger partial charge in [0, 0.05) is 0 Å². The predicted molar refractivity (Wildman–Crippen MR) is 176 cm³/mol. The van der Waals surface area contributed by atoms with Crippen molar-refractivity contribution in [3.05, 3.63) is 134 Å². The van der Waals surface area contributed by atoms with Crippen molar-refractivity contribution in [2.45, 2.75) is 38.9 Å². The Kier molecular flexibility index (Phi) is 6.81. The highest BCUT2D eigenvalue weighted by Gasteiger charge is 2.51. The van der Waals surface area contributed by atoms with Gasteiger partial charge in [-0.1, -0.05) is 128 Å². The zero-order valence-electron chi connectivity index (χ0n) is 24.3. The van der Waals surface area contributed by atoms with E-state index in [0.29, 0.717) is 0 Å². The minimum atomic E-state index is -0.385. The molecule has 0 aromatic heterocycles. The van der Waals surface area contributed by atoms with Crippen molar-refractivity contribution < 1.29 is 9.31 Å². The van der Waals surface area contributed by atoms with Crippen molar-refractivity contribution in [1.29, 1.82) is 0 Å². The summed E-state index contributed by atoms with van der Waals surface area (Å²) in [5, 5.41) is 4.86. The fraction of sp³-hybridized carbons (Fsp3) is 0.158. The van der Waals surface area contributed by atoms with Crippen LogP contribution in [0.2, 0.25) is 0 Å². The third kappa shape index (κ3) is 4.56. The van der Waals surface area contributed by atoms with Gasteiger partial charge in [-0.3, -0.25) is 0 Å². The maximum absolute atomic E-state index is 6.32. The summed E-state index contributed by atoms with van der Waals surface area (Å²) in [6.07, 6.45) is 5.74. The first-order chi connectivity index (χ1) is 19.8. The SMILES string of the molecule is C=C/C=C(\C=C)c1ccccc1-c1c2ccccc2c(-c2ccc(B3OC(C)(C)C(C)(C)O3)cc2)c2ccccc12. The van der Waals surface area contributed by atoms with Gasteiger partial charge in [-0.25, -0.2) is 0 Å². The Bertz CT molecular complexity index is 1750. The molecule has 5 aromatic carbocycles. The average Bonchev–Trinajstić information content (AvgIpc) is 3.21. The first-order valence-electron chi connectivity index (χ1n) is 14.2. The summed E-state index contributed by atoms with van der Waals surface area (Å²) < 4.78 is 12.6. The lowest BCUT2D eigenvalue weighted by molar-refractivity contribution is 0.00578. The summed E-state index contributed by atoms with van der Waals surface area (Å²) in [5.74, 6) is 0. The molecule has 1 aliphatic rings. The van der Waals surface area contributed by atoms with Crippen molar-refractivity contribution in [2.75, 3.05) is 0 Å². The van der Waals surface area contributed by atoms with Crippen LogP contribution in [0.4, 0.5) is 0 Å². The zero-order valence-corrected chi connectivity index (χ0v) is 24.3. The van der Waals surface area contributed by atoms with Gasteiger partial charge in [0.15, 0.2) is 0 Å². The number of fused-ring (bicyclic) bond motifs is 2. The third-order valence-corrected chi connectivity index (χ3v) is 8.68. The second-order valence-corrected chi connectivity index (χ2v) is 11.7. The van der Waals surface area contributed by atoms with Crippen molar-refractivity contribution in [3.63, 3.8) is 0 Å². The van der Waals surface area contributed by atoms with E-state index in [1.807, 2.05) is 18.2 Å². The summed E-state index contributed by atoms with van der Waals surface area (Å²) in [4.78, 5) is 0. The molecule has 0 radical (unpaired) electrons. The van der Waals surface area contributed by atoms with Crippen molar-refractivity contribution in [3.8, 4) is 22.3 Å². The van der Waals surface area contributed by atoms with Crippen LogP contribution in [0, 0.1) is 0 Å². The molecule has 1 saturated heterocycles. The van der Waals surface area contributed by atoms with Crippen LogP contribution < -0.4 is 5.46 Å². The number of hydrogen-bond acceptors (Lipinski definition) is 2. The van der Waals surface area contributed by atoms with E-state index in [0.717, 1.165) is 22.2 Å². The van der Waals surface area contributed by atoms with Crippen molar-refractivity contribution in [2.24, 2.45) is 0 Å². The Morgan fingerprint density at radius 1 is 0.634 bits per heavy atom. The fourth-order valence-electron chi connectivity index (χ4n) is 5.86. The molecule has 1 fully saturated rings. The van der Waals surface area contributed by atoms with E-state index in [1.165, 1.54) is 38.2 Å². The minimum absolute atomic E-state index is 0.374. The molecule has 1 heterocycles. The van der Waals surface area contributed by atoms with Gasteiger partial charge < -0.3 is 9.31 Å². The fourth-order valence-corrected chi connectivity index (χ4v) is 5.86. The second kappa shape index (κ2) is 10.3. The molecular weight excluding hydrogens is 499 g/mol. The quantitative estimate of drug-likeness (QED) is 0.123. The van der Waals surface area contributed by atoms with Crippen LogP contribution in [0.15, 0.2) is 128 Å². The van der Waals surface area contributed by atoms with E-state index in [1.54, 1.807) is 0 Å². The van der Waals surface area contributed by atoms with Crippen LogP contribution in [0.25, 0.3) is 49.4 Å². The largest absolute Gasteiger partial charge is 0.494 e. The maximum Gasteiger partial charge on any atom is 0.494 e. The Morgan fingerprint density at radius 2 is 1.12 bits per heavy atom. The molecule has 6 rings (SSSR count). The van der Waals surface area contributed by atoms with E-state index < -0.39 is 0 Å². The Hall–Kier alpha value is -4.18. The molecule has 0 N–H and O–H groups in total. The molecule has 0 spiro atoms. The zero-order chi connectivity index (χ0) is 28.8. The van der Waals surface area contributed by atoms with Crippen LogP contribution in [-0.4, -0.2) is 18.3 Å². The summed E-state index contributed by atoms with van der Waals surface area (Å²) in [6.45, 7) is 16.4. The van der Waals surface area contributed by atoms with Crippen molar-refractivity contribution >= 4 is 39.7 Å². The second-order valence-electron chi connectivity index (χ2n) is 11.7. The summed E-state index contributed by atoms with van der Waals surface area (Å²) >= 11 is 0. The highest BCUT2D eigenvalue weighted by molar-refractivity contribution is 6.62. The van der Waals surface area contributed by atoms with Gasteiger partial charge in [0.2, 0.25) is 0 Å². The number of rotatable bonds is 6. The standard InChI is InChI=1S/C38H35BO2/c1-7-15-26(8-2)29-16-9-10-17-30(29)36-33-20-13-11-18-31(33)35(32-19-12-14-21-34(32)36)27-22-24-28(25-23-27)39-40-37(3,4)38(5,6)41-39/h7-25H,1-2H2,3-6H3/b26-15+. The smallest absolute Gasteiger partial charge is 0.399 e. The molecule has 1 aliphatic heterocycles. The van der Waals surface area contributed by atoms with Gasteiger partial charge in [-0.05, 0) is 88.1 Å². The average molecular weight is 535 g/mol. The van der Waals surface area contributed by atoms with E-state index in [-0.39, 0.29) is 18.3 Å². The van der Waals surface area contributed by atoms with Crippen LogP contribution in [0.1, 0.15) is 33.3 Å². The van der Waals surface area contributed by atoms with Crippen LogP contribution >= 0.6 is 0 Å². The molecule has 0 saturated carbocycles. The number of hydrogen-bond donors (Lipinski definition) is 0. The van der Waals surface area contributed by atoms with Gasteiger partial charge in [0.25, 0.3) is 0 Å². The number of benzene rings is 5. The topological polar surface area (TPSA) is 18.5 Å². The van der Waals surface area contributed by atoms with Gasteiger partial charge in [-0.15, -0.1) is 0 Å². The number of allylic oxidation sites excluding steroid dienone is 4. The molecule has 0 aliphatic carbocycles. The van der Waals surface area contributed by atoms with Gasteiger partial charge in [-0.2, -0.15) is 0 Å². The highest BCUT2D eigenvalue weighted by Crippen LogP contribution is 2.45. The first kappa shape index (κ1) is 27.0. The van der Waals surface area contributed by atoms with Crippen LogP contribution in [0.3, 0.4) is 0 Å². The Balaban J connectivity index is 1.57. The minimum Gasteiger partial charge on any atom is -0.399 e. The Labute approximate surface area is 243 Å². The molecule has 202 valence electrons. The molecule has 5 aromatic rings. The van der Waals surface area contributed by atoms with E-state index in [2.05, 4.69) is 138 Å². The van der Waals surface area contributed by atoms with Gasteiger partial charge >= 0.3 is 7.12 Å². The van der Waals surface area contributed by atoms with Gasteiger partial charge in [0.1, 0.15) is 0 Å². The predicted octanol–water partition coefficient (Wildman–Crippen LogP) is 9.38. The van der Waals surface area contributed by atoms with Crippen molar-refractivity contribution in [1.82, 2.24) is 0 Å². The van der Waals surface area contributed by atoms with E-state index in [9.17, 15) is 0 Å². The lowest BCUT2D eigenvalue weighted by atomic mass is 9.78. The molecule has 3 heteroatoms. The maximum atomic E-state index is 6.32. The molecule has 41 heavy (non-hydrogen) atoms. The molecule has 0 atom stereocenters. The molecule has 2 nitrogen and oxygen atoms in total. The summed E-state index contributed by atoms with van der Waals surface area (Å²) in [5.41, 5.74) is 7.25. The monoisotopic (exact) mass is 534 g/mol. The lowest BCUT2D eigenvalue weighted by Gasteiger charge is -2.32. The molecule has 0 amide bonds. The Morgan fingerprint density at radius 3 is 1.63 bits per heavy atom. The van der Waals surface area contributed by atoms with Crippen LogP contribution in [0.5, 0.6) is 0 Å². The third-order valence-electron chi connectivity index (χ3n) is 8.68. The molecule has 0 bridgehead atoms. The molecular formula is C38H35BO2. The highest BCUT2D eigenvalue weighted by atomic mass is 16.7. The molecule has 0 unspecified atom stereocenters. The van der Waals surface area contributed by atoms with Crippen LogP contribution in [-0.2, 0) is 9.31 Å².